The molecule has 0 aromatic carbocycles. The minimum absolute atomic E-state index is 0.365. The molecule has 1 unspecified atom stereocenters. The fraction of sp³-hybridized carbons (Fsp3) is 0.438. The second-order valence-electron chi connectivity index (χ2n) is 5.44. The van der Waals surface area contributed by atoms with Crippen molar-refractivity contribution in [2.24, 2.45) is 0 Å². The van der Waals surface area contributed by atoms with Crippen LogP contribution in [-0.4, -0.2) is 26.5 Å². The molecule has 0 fully saturated rings. The fourth-order valence-electron chi connectivity index (χ4n) is 2.73. The predicted octanol–water partition coefficient (Wildman–Crippen LogP) is 3.42. The van der Waals surface area contributed by atoms with Gasteiger partial charge in [-0.1, -0.05) is 13.8 Å². The quantitative estimate of drug-likeness (QED) is 0.739. The number of aromatic nitrogens is 4. The third-order valence-corrected chi connectivity index (χ3v) is 4.01. The number of imidazole rings is 1. The van der Waals surface area contributed by atoms with Crippen molar-refractivity contribution >= 4 is 16.7 Å². The van der Waals surface area contributed by atoms with Gasteiger partial charge in [-0.05, 0) is 26.3 Å². The van der Waals surface area contributed by atoms with E-state index in [9.17, 15) is 0 Å². The number of methoxy groups -OCH3 is 1. The Morgan fingerprint density at radius 2 is 1.86 bits per heavy atom. The van der Waals surface area contributed by atoms with Crippen molar-refractivity contribution < 1.29 is 4.74 Å². The third kappa shape index (κ3) is 2.04. The molecule has 3 aromatic rings. The zero-order valence-corrected chi connectivity index (χ0v) is 13.1. The lowest BCUT2D eigenvalue weighted by atomic mass is 10.1. The van der Waals surface area contributed by atoms with Crippen LogP contribution in [0.5, 0.6) is 5.88 Å². The van der Waals surface area contributed by atoms with Crippen LogP contribution >= 0.6 is 0 Å². The molecule has 5 heteroatoms. The number of rotatable bonds is 3. The van der Waals surface area contributed by atoms with Crippen LogP contribution in [0.1, 0.15) is 43.4 Å². The Labute approximate surface area is 124 Å². The molecular weight excluding hydrogens is 264 g/mol. The van der Waals surface area contributed by atoms with Gasteiger partial charge in [-0.25, -0.2) is 9.97 Å². The van der Waals surface area contributed by atoms with Crippen molar-refractivity contribution in [1.29, 1.82) is 0 Å². The van der Waals surface area contributed by atoms with Crippen LogP contribution in [-0.2, 0) is 0 Å². The molecule has 0 spiro atoms. The summed E-state index contributed by atoms with van der Waals surface area (Å²) in [6.45, 7) is 8.41. The first-order chi connectivity index (χ1) is 10.1. The number of aryl methyl sites for hydroxylation is 2. The SMILES string of the molecule is CCC(C)c1nc(C)c2c(C)nc3ccc(OC)nc3n12. The number of fused-ring (bicyclic) bond motifs is 3. The highest BCUT2D eigenvalue weighted by atomic mass is 16.5. The Morgan fingerprint density at radius 1 is 1.14 bits per heavy atom. The van der Waals surface area contributed by atoms with E-state index in [0.29, 0.717) is 11.8 Å². The summed E-state index contributed by atoms with van der Waals surface area (Å²) in [6, 6.07) is 3.79. The van der Waals surface area contributed by atoms with Gasteiger partial charge in [-0.15, -0.1) is 0 Å². The molecule has 0 amide bonds. The largest absolute Gasteiger partial charge is 0.481 e. The lowest BCUT2D eigenvalue weighted by Crippen LogP contribution is -2.04. The molecule has 21 heavy (non-hydrogen) atoms. The highest BCUT2D eigenvalue weighted by Gasteiger charge is 2.19. The standard InChI is InChI=1S/C16H20N4O/c1-6-9(2)15-18-11(4)14-10(3)17-12-7-8-13(21-5)19-16(12)20(14)15/h7-9H,6H2,1-5H3. The molecule has 0 aliphatic rings. The summed E-state index contributed by atoms with van der Waals surface area (Å²) >= 11 is 0. The fourth-order valence-corrected chi connectivity index (χ4v) is 2.73. The Kier molecular flexibility index (Phi) is 3.27. The number of ether oxygens (including phenoxy) is 1. The Balaban J connectivity index is 2.49. The van der Waals surface area contributed by atoms with E-state index in [1.165, 1.54) is 0 Å². The van der Waals surface area contributed by atoms with Crippen molar-refractivity contribution in [3.8, 4) is 5.88 Å². The molecule has 0 aliphatic carbocycles. The molecule has 0 bridgehead atoms. The maximum absolute atomic E-state index is 5.26. The number of pyridine rings is 1. The minimum atomic E-state index is 0.365. The number of nitrogens with zero attached hydrogens (tertiary/aromatic N) is 4. The zero-order valence-electron chi connectivity index (χ0n) is 13.1. The lowest BCUT2D eigenvalue weighted by Gasteiger charge is -2.11. The summed E-state index contributed by atoms with van der Waals surface area (Å²) < 4.78 is 7.40. The smallest absolute Gasteiger partial charge is 0.215 e. The van der Waals surface area contributed by atoms with Crippen LogP contribution in [0.25, 0.3) is 16.7 Å². The number of hydrogen-bond donors (Lipinski definition) is 0. The van der Waals surface area contributed by atoms with Gasteiger partial charge in [0.1, 0.15) is 11.3 Å². The van der Waals surface area contributed by atoms with E-state index in [4.69, 9.17) is 9.72 Å². The molecule has 0 aliphatic heterocycles. The van der Waals surface area contributed by atoms with Crippen LogP contribution < -0.4 is 4.74 Å². The van der Waals surface area contributed by atoms with Crippen LogP contribution in [0.3, 0.4) is 0 Å². The number of hydrogen-bond acceptors (Lipinski definition) is 4. The molecule has 3 rings (SSSR count). The van der Waals surface area contributed by atoms with E-state index in [0.717, 1.165) is 40.3 Å². The summed E-state index contributed by atoms with van der Waals surface area (Å²) in [6.07, 6.45) is 1.03. The van der Waals surface area contributed by atoms with Gasteiger partial charge in [0.25, 0.3) is 0 Å². The molecule has 3 aromatic heterocycles. The van der Waals surface area contributed by atoms with E-state index in [2.05, 4.69) is 28.2 Å². The molecule has 0 radical (unpaired) electrons. The molecule has 110 valence electrons. The van der Waals surface area contributed by atoms with Crippen LogP contribution in [0.4, 0.5) is 0 Å². The Hall–Kier alpha value is -2.17. The van der Waals surface area contributed by atoms with E-state index in [1.807, 2.05) is 26.0 Å². The minimum Gasteiger partial charge on any atom is -0.481 e. The summed E-state index contributed by atoms with van der Waals surface area (Å²) in [7, 11) is 1.63. The van der Waals surface area contributed by atoms with E-state index in [-0.39, 0.29) is 0 Å². The second-order valence-corrected chi connectivity index (χ2v) is 5.44. The summed E-state index contributed by atoms with van der Waals surface area (Å²) in [5, 5.41) is 0. The summed E-state index contributed by atoms with van der Waals surface area (Å²) in [5.74, 6) is 2.00. The maximum Gasteiger partial charge on any atom is 0.215 e. The summed E-state index contributed by atoms with van der Waals surface area (Å²) in [5.41, 5.74) is 4.71. The van der Waals surface area contributed by atoms with Crippen molar-refractivity contribution in [1.82, 2.24) is 19.4 Å². The van der Waals surface area contributed by atoms with Crippen LogP contribution in [0.15, 0.2) is 12.1 Å². The van der Waals surface area contributed by atoms with E-state index >= 15 is 0 Å². The van der Waals surface area contributed by atoms with Crippen LogP contribution in [0.2, 0.25) is 0 Å². The van der Waals surface area contributed by atoms with Gasteiger partial charge in [0, 0.05) is 12.0 Å². The molecular formula is C16H20N4O. The Morgan fingerprint density at radius 3 is 2.52 bits per heavy atom. The first-order valence-electron chi connectivity index (χ1n) is 7.27. The molecule has 0 saturated carbocycles. The monoisotopic (exact) mass is 284 g/mol. The summed E-state index contributed by atoms with van der Waals surface area (Å²) in [4.78, 5) is 14.0. The first-order valence-corrected chi connectivity index (χ1v) is 7.27. The normalized spacial score (nSPS) is 13.0. The van der Waals surface area contributed by atoms with Crippen molar-refractivity contribution in [2.75, 3.05) is 7.11 Å². The van der Waals surface area contributed by atoms with Gasteiger partial charge in [-0.2, -0.15) is 4.98 Å². The second kappa shape index (κ2) is 4.98. The topological polar surface area (TPSA) is 52.3 Å². The highest BCUT2D eigenvalue weighted by Crippen LogP contribution is 2.27. The molecule has 0 N–H and O–H groups in total. The van der Waals surface area contributed by atoms with Gasteiger partial charge < -0.3 is 4.74 Å². The van der Waals surface area contributed by atoms with Gasteiger partial charge in [0.2, 0.25) is 5.88 Å². The van der Waals surface area contributed by atoms with Crippen molar-refractivity contribution in [3.05, 3.63) is 29.3 Å². The molecule has 5 nitrogen and oxygen atoms in total. The zero-order chi connectivity index (χ0) is 15.1. The van der Waals surface area contributed by atoms with Crippen LogP contribution in [0, 0.1) is 13.8 Å². The average molecular weight is 284 g/mol. The third-order valence-electron chi connectivity index (χ3n) is 4.01. The van der Waals surface area contributed by atoms with Crippen molar-refractivity contribution in [3.63, 3.8) is 0 Å². The molecule has 0 saturated heterocycles. The average Bonchev–Trinajstić information content (AvgIpc) is 2.85. The van der Waals surface area contributed by atoms with Gasteiger partial charge in [0.15, 0.2) is 5.65 Å². The highest BCUT2D eigenvalue weighted by molar-refractivity contribution is 5.78. The van der Waals surface area contributed by atoms with E-state index in [1.54, 1.807) is 7.11 Å². The first kappa shape index (κ1) is 13.8. The maximum atomic E-state index is 5.26. The molecule has 1 atom stereocenters. The van der Waals surface area contributed by atoms with Gasteiger partial charge in [0.05, 0.1) is 24.0 Å². The van der Waals surface area contributed by atoms with Crippen molar-refractivity contribution in [2.45, 2.75) is 40.0 Å². The van der Waals surface area contributed by atoms with Gasteiger partial charge in [-0.3, -0.25) is 4.40 Å². The predicted molar refractivity (Wildman–Crippen MR) is 83.0 cm³/mol. The lowest BCUT2D eigenvalue weighted by molar-refractivity contribution is 0.399. The van der Waals surface area contributed by atoms with E-state index < -0.39 is 0 Å². The Bertz CT molecular complexity index is 822. The molecule has 3 heterocycles. The van der Waals surface area contributed by atoms with Gasteiger partial charge >= 0.3 is 0 Å².